The summed E-state index contributed by atoms with van der Waals surface area (Å²) in [5.74, 6) is 0.680. The largest absolute Gasteiger partial charge is 0.465 e. The third kappa shape index (κ3) is 2.55. The molecular weight excluding hydrogens is 310 g/mol. The maximum Gasteiger partial charge on any atom is 0.337 e. The molecule has 0 aromatic heterocycles. The van der Waals surface area contributed by atoms with Crippen molar-refractivity contribution in [2.75, 3.05) is 12.4 Å². The average molecular weight is 333 g/mol. The highest BCUT2D eigenvalue weighted by Gasteiger charge is 2.38. The van der Waals surface area contributed by atoms with Crippen molar-refractivity contribution in [3.05, 3.63) is 76.4 Å². The number of hydrogen-bond acceptors (Lipinski definition) is 3. The summed E-state index contributed by atoms with van der Waals surface area (Å²) in [4.78, 5) is 11.7. The minimum Gasteiger partial charge on any atom is -0.465 e. The van der Waals surface area contributed by atoms with Gasteiger partial charge in [-0.3, -0.25) is 0 Å². The molecule has 1 heterocycles. The molecule has 4 rings (SSSR count). The van der Waals surface area contributed by atoms with Crippen LogP contribution in [0.1, 0.15) is 51.0 Å². The summed E-state index contributed by atoms with van der Waals surface area (Å²) in [5.41, 5.74) is 7.13. The number of methoxy groups -OCH3 is 1. The van der Waals surface area contributed by atoms with Crippen molar-refractivity contribution in [1.29, 1.82) is 0 Å². The number of allylic oxidation sites excluding steroid dienone is 2. The summed E-state index contributed by atoms with van der Waals surface area (Å²) < 4.78 is 4.80. The Labute approximate surface area is 148 Å². The molecule has 1 N–H and O–H groups in total. The molecule has 2 aromatic carbocycles. The molecule has 0 saturated heterocycles. The standard InChI is InChI=1S/C22H23NO2/c1-13-7-12-19-17-5-4-6-18(17)21(23-20(19)14(13)2)15-8-10-16(11-9-15)22(24)25-3/h4-5,7-12,17-18,21,23H,6H2,1-3H3. The van der Waals surface area contributed by atoms with Gasteiger partial charge in [0, 0.05) is 11.6 Å². The summed E-state index contributed by atoms with van der Waals surface area (Å²) in [5, 5.41) is 3.80. The number of hydrogen-bond donors (Lipinski definition) is 1. The quantitative estimate of drug-likeness (QED) is 0.626. The first kappa shape index (κ1) is 15.9. The van der Waals surface area contributed by atoms with Crippen LogP contribution in [-0.4, -0.2) is 13.1 Å². The molecule has 0 fully saturated rings. The molecule has 0 amide bonds. The summed E-state index contributed by atoms with van der Waals surface area (Å²) >= 11 is 0. The number of carbonyl (C=O) groups is 1. The normalized spacial score (nSPS) is 23.6. The van der Waals surface area contributed by atoms with Gasteiger partial charge in [-0.15, -0.1) is 0 Å². The summed E-state index contributed by atoms with van der Waals surface area (Å²) in [6.45, 7) is 4.35. The predicted octanol–water partition coefficient (Wildman–Crippen LogP) is 4.92. The monoisotopic (exact) mass is 333 g/mol. The third-order valence-corrected chi connectivity index (χ3v) is 5.76. The Morgan fingerprint density at radius 3 is 2.60 bits per heavy atom. The Hall–Kier alpha value is -2.55. The first-order valence-corrected chi connectivity index (χ1v) is 8.81. The second-order valence-electron chi connectivity index (χ2n) is 7.06. The Balaban J connectivity index is 1.73. The van der Waals surface area contributed by atoms with Gasteiger partial charge in [0.25, 0.3) is 0 Å². The van der Waals surface area contributed by atoms with E-state index in [0.29, 0.717) is 17.4 Å². The molecule has 2 aliphatic rings. The lowest BCUT2D eigenvalue weighted by Crippen LogP contribution is -2.29. The van der Waals surface area contributed by atoms with Crippen LogP contribution in [0.5, 0.6) is 0 Å². The topological polar surface area (TPSA) is 38.3 Å². The first-order chi connectivity index (χ1) is 12.1. The molecule has 1 aliphatic carbocycles. The van der Waals surface area contributed by atoms with Crippen LogP contribution in [0.25, 0.3) is 0 Å². The maximum absolute atomic E-state index is 11.7. The minimum atomic E-state index is -0.291. The van der Waals surface area contributed by atoms with Crippen LogP contribution >= 0.6 is 0 Å². The number of esters is 1. The van der Waals surface area contributed by atoms with E-state index < -0.39 is 0 Å². The van der Waals surface area contributed by atoms with Crippen LogP contribution in [0, 0.1) is 19.8 Å². The molecular formula is C22H23NO2. The maximum atomic E-state index is 11.7. The van der Waals surface area contributed by atoms with Crippen LogP contribution in [0.15, 0.2) is 48.6 Å². The van der Waals surface area contributed by atoms with E-state index in [0.717, 1.165) is 6.42 Å². The SMILES string of the molecule is COC(=O)c1ccc(C2Nc3c(ccc(C)c3C)C3C=CCC32)cc1. The molecule has 1 aliphatic heterocycles. The van der Waals surface area contributed by atoms with Crippen LogP contribution in [0.4, 0.5) is 5.69 Å². The van der Waals surface area contributed by atoms with Crippen molar-refractivity contribution in [2.45, 2.75) is 32.2 Å². The van der Waals surface area contributed by atoms with Gasteiger partial charge in [-0.2, -0.15) is 0 Å². The van der Waals surface area contributed by atoms with Crippen LogP contribution in [0.3, 0.4) is 0 Å². The molecule has 0 spiro atoms. The lowest BCUT2D eigenvalue weighted by atomic mass is 9.76. The van der Waals surface area contributed by atoms with Crippen molar-refractivity contribution >= 4 is 11.7 Å². The zero-order valence-electron chi connectivity index (χ0n) is 14.9. The number of nitrogens with one attached hydrogen (secondary N) is 1. The van der Waals surface area contributed by atoms with E-state index in [-0.39, 0.29) is 12.0 Å². The zero-order chi connectivity index (χ0) is 17.6. The van der Waals surface area contributed by atoms with E-state index >= 15 is 0 Å². The molecule has 0 radical (unpaired) electrons. The molecule has 25 heavy (non-hydrogen) atoms. The number of anilines is 1. The molecule has 3 nitrogen and oxygen atoms in total. The molecule has 3 heteroatoms. The number of carbonyl (C=O) groups excluding carboxylic acids is 1. The fraction of sp³-hybridized carbons (Fsp3) is 0.318. The van der Waals surface area contributed by atoms with Crippen LogP contribution < -0.4 is 5.32 Å². The van der Waals surface area contributed by atoms with Crippen molar-refractivity contribution in [3.63, 3.8) is 0 Å². The molecule has 0 bridgehead atoms. The van der Waals surface area contributed by atoms with Crippen molar-refractivity contribution in [2.24, 2.45) is 5.92 Å². The van der Waals surface area contributed by atoms with Gasteiger partial charge in [0.2, 0.25) is 0 Å². The van der Waals surface area contributed by atoms with E-state index in [2.05, 4.69) is 55.6 Å². The smallest absolute Gasteiger partial charge is 0.337 e. The van der Waals surface area contributed by atoms with E-state index in [4.69, 9.17) is 4.74 Å². The number of ether oxygens (including phenoxy) is 1. The first-order valence-electron chi connectivity index (χ1n) is 8.81. The highest BCUT2D eigenvalue weighted by atomic mass is 16.5. The van der Waals surface area contributed by atoms with E-state index in [9.17, 15) is 4.79 Å². The predicted molar refractivity (Wildman–Crippen MR) is 100 cm³/mol. The second-order valence-corrected chi connectivity index (χ2v) is 7.06. The van der Waals surface area contributed by atoms with Gasteiger partial charge in [-0.1, -0.05) is 36.4 Å². The fourth-order valence-electron chi connectivity index (χ4n) is 4.19. The number of aryl methyl sites for hydroxylation is 1. The number of fused-ring (bicyclic) bond motifs is 3. The van der Waals surface area contributed by atoms with Crippen molar-refractivity contribution < 1.29 is 9.53 Å². The highest BCUT2D eigenvalue weighted by molar-refractivity contribution is 5.89. The van der Waals surface area contributed by atoms with Gasteiger partial charge >= 0.3 is 5.97 Å². The highest BCUT2D eigenvalue weighted by Crippen LogP contribution is 2.50. The Morgan fingerprint density at radius 1 is 1.12 bits per heavy atom. The molecule has 128 valence electrons. The van der Waals surface area contributed by atoms with Gasteiger partial charge in [0.1, 0.15) is 0 Å². The summed E-state index contributed by atoms with van der Waals surface area (Å²) in [7, 11) is 1.41. The summed E-state index contributed by atoms with van der Waals surface area (Å²) in [6.07, 6.45) is 5.74. The molecule has 3 unspecified atom stereocenters. The molecule has 0 saturated carbocycles. The van der Waals surface area contributed by atoms with E-state index in [1.54, 1.807) is 0 Å². The second kappa shape index (κ2) is 6.07. The summed E-state index contributed by atoms with van der Waals surface area (Å²) in [6, 6.07) is 12.6. The average Bonchev–Trinajstić information content (AvgIpc) is 3.13. The van der Waals surface area contributed by atoms with Crippen LogP contribution in [0.2, 0.25) is 0 Å². The Kier molecular flexibility index (Phi) is 3.87. The Morgan fingerprint density at radius 2 is 1.88 bits per heavy atom. The minimum absolute atomic E-state index is 0.250. The Bertz CT molecular complexity index is 851. The van der Waals surface area contributed by atoms with E-state index in [1.807, 2.05) is 12.1 Å². The van der Waals surface area contributed by atoms with Crippen LogP contribution in [-0.2, 0) is 4.74 Å². The van der Waals surface area contributed by atoms with Crippen molar-refractivity contribution in [3.8, 4) is 0 Å². The van der Waals surface area contributed by atoms with Gasteiger partial charge in [0.05, 0.1) is 18.7 Å². The van der Waals surface area contributed by atoms with E-state index in [1.165, 1.54) is 35.1 Å². The number of rotatable bonds is 2. The van der Waals surface area contributed by atoms with Gasteiger partial charge in [-0.25, -0.2) is 4.79 Å². The molecule has 3 atom stereocenters. The van der Waals surface area contributed by atoms with Crippen molar-refractivity contribution in [1.82, 2.24) is 0 Å². The number of benzene rings is 2. The third-order valence-electron chi connectivity index (χ3n) is 5.76. The lowest BCUT2D eigenvalue weighted by Gasteiger charge is -2.38. The van der Waals surface area contributed by atoms with Gasteiger partial charge < -0.3 is 10.1 Å². The van der Waals surface area contributed by atoms with Gasteiger partial charge in [-0.05, 0) is 60.6 Å². The van der Waals surface area contributed by atoms with Gasteiger partial charge in [0.15, 0.2) is 0 Å². The lowest BCUT2D eigenvalue weighted by molar-refractivity contribution is 0.0600. The molecule has 2 aromatic rings. The zero-order valence-corrected chi connectivity index (χ0v) is 14.9. The fourth-order valence-corrected chi connectivity index (χ4v) is 4.19.